The molecule has 1 aliphatic rings. The van der Waals surface area contributed by atoms with Gasteiger partial charge in [-0.25, -0.2) is 9.07 Å². The Morgan fingerprint density at radius 1 is 1.14 bits per heavy atom. The molecule has 5 aromatic rings. The fourth-order valence-corrected chi connectivity index (χ4v) is 5.16. The zero-order valence-electron chi connectivity index (χ0n) is 23.2. The molecule has 0 saturated carbocycles. The quantitative estimate of drug-likeness (QED) is 0.262. The first-order valence-electron chi connectivity index (χ1n) is 13.7. The number of carbonyl (C=O) groups excluding carboxylic acids is 2. The van der Waals surface area contributed by atoms with Crippen LogP contribution in [0.3, 0.4) is 0 Å². The summed E-state index contributed by atoms with van der Waals surface area (Å²) in [5.74, 6) is -1.42. The molecular weight excluding hydrogens is 557 g/mol. The van der Waals surface area contributed by atoms with Gasteiger partial charge in [-0.1, -0.05) is 35.5 Å². The maximum atomic E-state index is 15.4. The van der Waals surface area contributed by atoms with Crippen molar-refractivity contribution in [3.05, 3.63) is 84.4 Å². The first-order chi connectivity index (χ1) is 21.0. The third kappa shape index (κ3) is 5.77. The van der Waals surface area contributed by atoms with Gasteiger partial charge in [0.2, 0.25) is 11.8 Å². The van der Waals surface area contributed by atoms with Crippen LogP contribution >= 0.6 is 0 Å². The van der Waals surface area contributed by atoms with Crippen LogP contribution in [0.2, 0.25) is 0 Å². The highest BCUT2D eigenvalue weighted by Crippen LogP contribution is 2.34. The van der Waals surface area contributed by atoms with Crippen molar-refractivity contribution in [1.29, 1.82) is 0 Å². The SMILES string of the molecule is COc1cc(N(C(=O)Cn2nnc3ccccc32)[C@@H](C(=O)NC[C@@H]2CCCO2)c2ccccc2F)ccc1-n1cnnn1. The van der Waals surface area contributed by atoms with E-state index in [2.05, 4.69) is 31.2 Å². The van der Waals surface area contributed by atoms with Crippen LogP contribution in [0.15, 0.2) is 73.1 Å². The van der Waals surface area contributed by atoms with E-state index in [1.807, 2.05) is 12.1 Å². The van der Waals surface area contributed by atoms with Gasteiger partial charge in [0.05, 0.1) is 18.7 Å². The Kier molecular flexibility index (Phi) is 8.00. The summed E-state index contributed by atoms with van der Waals surface area (Å²) in [7, 11) is 1.46. The second kappa shape index (κ2) is 12.3. The second-order valence-electron chi connectivity index (χ2n) is 9.91. The molecule has 13 nitrogen and oxygen atoms in total. The molecule has 220 valence electrons. The van der Waals surface area contributed by atoms with Crippen molar-refractivity contribution in [2.24, 2.45) is 0 Å². The van der Waals surface area contributed by atoms with Crippen LogP contribution in [0.25, 0.3) is 16.7 Å². The number of methoxy groups -OCH3 is 1. The van der Waals surface area contributed by atoms with Gasteiger partial charge >= 0.3 is 0 Å². The number of rotatable bonds is 10. The highest BCUT2D eigenvalue weighted by atomic mass is 19.1. The molecule has 43 heavy (non-hydrogen) atoms. The Labute approximate surface area is 245 Å². The van der Waals surface area contributed by atoms with E-state index in [1.54, 1.807) is 36.4 Å². The van der Waals surface area contributed by atoms with Gasteiger partial charge in [-0.15, -0.1) is 10.2 Å². The number of hydrogen-bond acceptors (Lipinski definition) is 9. The molecule has 2 aromatic heterocycles. The zero-order chi connectivity index (χ0) is 29.8. The zero-order valence-corrected chi connectivity index (χ0v) is 23.2. The minimum absolute atomic E-state index is 0.0210. The first kappa shape index (κ1) is 27.9. The molecule has 1 N–H and O–H groups in total. The predicted octanol–water partition coefficient (Wildman–Crippen LogP) is 2.62. The number of anilines is 1. The summed E-state index contributed by atoms with van der Waals surface area (Å²) in [4.78, 5) is 29.5. The van der Waals surface area contributed by atoms with Gasteiger partial charge in [-0.2, -0.15) is 4.68 Å². The van der Waals surface area contributed by atoms with Gasteiger partial charge in [0.25, 0.3) is 0 Å². The Hall–Kier alpha value is -5.24. The van der Waals surface area contributed by atoms with Gasteiger partial charge in [-0.05, 0) is 53.6 Å². The van der Waals surface area contributed by atoms with Gasteiger partial charge in [0.1, 0.15) is 41.7 Å². The average molecular weight is 586 g/mol. The molecule has 1 aliphatic heterocycles. The average Bonchev–Trinajstić information content (AvgIpc) is 3.82. The lowest BCUT2D eigenvalue weighted by Crippen LogP contribution is -2.47. The maximum Gasteiger partial charge on any atom is 0.249 e. The first-order valence-corrected chi connectivity index (χ1v) is 13.7. The van der Waals surface area contributed by atoms with Gasteiger partial charge < -0.3 is 14.8 Å². The van der Waals surface area contributed by atoms with Crippen LogP contribution in [0.5, 0.6) is 5.75 Å². The third-order valence-corrected chi connectivity index (χ3v) is 7.25. The Morgan fingerprint density at radius 3 is 2.74 bits per heavy atom. The number of nitrogens with zero attached hydrogens (tertiary/aromatic N) is 8. The number of fused-ring (bicyclic) bond motifs is 1. The number of nitrogens with one attached hydrogen (secondary N) is 1. The van der Waals surface area contributed by atoms with E-state index in [0.29, 0.717) is 29.1 Å². The lowest BCUT2D eigenvalue weighted by atomic mass is 10.0. The smallest absolute Gasteiger partial charge is 0.249 e. The van der Waals surface area contributed by atoms with E-state index in [9.17, 15) is 9.59 Å². The molecular formula is C29H28FN9O4. The number of carbonyl (C=O) groups is 2. The van der Waals surface area contributed by atoms with Crippen LogP contribution in [-0.2, 0) is 20.9 Å². The minimum Gasteiger partial charge on any atom is -0.494 e. The molecule has 2 atom stereocenters. The normalized spacial score (nSPS) is 15.3. The fourth-order valence-electron chi connectivity index (χ4n) is 5.16. The number of para-hydroxylation sites is 1. The molecule has 0 bridgehead atoms. The van der Waals surface area contributed by atoms with Crippen molar-refractivity contribution in [3.8, 4) is 11.4 Å². The van der Waals surface area contributed by atoms with Gasteiger partial charge in [-0.3, -0.25) is 14.5 Å². The van der Waals surface area contributed by atoms with E-state index in [4.69, 9.17) is 9.47 Å². The number of ether oxygens (including phenoxy) is 2. The Morgan fingerprint density at radius 2 is 1.98 bits per heavy atom. The summed E-state index contributed by atoms with van der Waals surface area (Å²) in [6, 6.07) is 16.6. The Bertz CT molecular complexity index is 1740. The van der Waals surface area contributed by atoms with Crippen LogP contribution in [0, 0.1) is 5.82 Å². The van der Waals surface area contributed by atoms with Crippen molar-refractivity contribution < 1.29 is 23.5 Å². The number of halogens is 1. The van der Waals surface area contributed by atoms with Crippen molar-refractivity contribution in [3.63, 3.8) is 0 Å². The molecule has 6 rings (SSSR count). The molecule has 1 fully saturated rings. The molecule has 14 heteroatoms. The summed E-state index contributed by atoms with van der Waals surface area (Å²) in [6.07, 6.45) is 2.92. The molecule has 3 heterocycles. The topological polar surface area (TPSA) is 142 Å². The van der Waals surface area contributed by atoms with E-state index in [-0.39, 0.29) is 30.4 Å². The highest BCUT2D eigenvalue weighted by molar-refractivity contribution is 6.02. The lowest BCUT2D eigenvalue weighted by Gasteiger charge is -2.32. The second-order valence-corrected chi connectivity index (χ2v) is 9.91. The largest absolute Gasteiger partial charge is 0.494 e. The number of benzene rings is 3. The van der Waals surface area contributed by atoms with Crippen molar-refractivity contribution in [1.82, 2.24) is 40.5 Å². The van der Waals surface area contributed by atoms with Crippen LogP contribution in [-0.4, -0.2) is 73.4 Å². The summed E-state index contributed by atoms with van der Waals surface area (Å²) in [5.41, 5.74) is 2.04. The van der Waals surface area contributed by atoms with Crippen molar-refractivity contribution >= 4 is 28.5 Å². The fraction of sp³-hybridized carbons (Fsp3) is 0.276. The number of tetrazole rings is 1. The van der Waals surface area contributed by atoms with Gasteiger partial charge in [0.15, 0.2) is 0 Å². The summed E-state index contributed by atoms with van der Waals surface area (Å²) in [5, 5.41) is 22.4. The highest BCUT2D eigenvalue weighted by Gasteiger charge is 2.36. The molecule has 0 aliphatic carbocycles. The molecule has 0 radical (unpaired) electrons. The van der Waals surface area contributed by atoms with E-state index >= 15 is 4.39 Å². The monoisotopic (exact) mass is 585 g/mol. The van der Waals surface area contributed by atoms with Gasteiger partial charge in [0, 0.05) is 30.5 Å². The van der Waals surface area contributed by atoms with Crippen LogP contribution in [0.4, 0.5) is 10.1 Å². The van der Waals surface area contributed by atoms with Crippen LogP contribution in [0.1, 0.15) is 24.4 Å². The third-order valence-electron chi connectivity index (χ3n) is 7.25. The standard InChI is InChI=1S/C29H28FN9O4/c1-42-26-15-19(12-13-25(26)38-18-32-34-36-38)39(27(40)17-37-24-11-5-4-10-23(24)33-35-37)28(21-8-2-3-9-22(21)30)29(41)31-16-20-7-6-14-43-20/h2-5,8-13,15,18,20,28H,6-7,14,16-17H2,1H3,(H,31,41)/t20-,28+/m0/s1. The minimum atomic E-state index is -1.38. The lowest BCUT2D eigenvalue weighted by molar-refractivity contribution is -0.127. The summed E-state index contributed by atoms with van der Waals surface area (Å²) >= 11 is 0. The summed E-state index contributed by atoms with van der Waals surface area (Å²) < 4.78 is 29.6. The maximum absolute atomic E-state index is 15.4. The molecule has 0 spiro atoms. The number of hydrogen-bond donors (Lipinski definition) is 1. The molecule has 0 unspecified atom stereocenters. The van der Waals surface area contributed by atoms with E-state index in [1.165, 1.54) is 45.9 Å². The number of amides is 2. The van der Waals surface area contributed by atoms with Crippen LogP contribution < -0.4 is 15.0 Å². The van der Waals surface area contributed by atoms with Crippen molar-refractivity contribution in [2.75, 3.05) is 25.2 Å². The predicted molar refractivity (Wildman–Crippen MR) is 152 cm³/mol. The van der Waals surface area contributed by atoms with E-state index in [0.717, 1.165) is 12.8 Å². The van der Waals surface area contributed by atoms with E-state index < -0.39 is 23.7 Å². The molecule has 3 aromatic carbocycles. The van der Waals surface area contributed by atoms with Crippen molar-refractivity contribution in [2.45, 2.75) is 31.5 Å². The molecule has 2 amide bonds. The Balaban J connectivity index is 1.45. The number of aromatic nitrogens is 7. The summed E-state index contributed by atoms with van der Waals surface area (Å²) in [6.45, 7) is 0.559. The molecule has 1 saturated heterocycles.